The first-order valence-corrected chi connectivity index (χ1v) is 7.07. The summed E-state index contributed by atoms with van der Waals surface area (Å²) >= 11 is 0. The molecule has 0 amide bonds. The highest BCUT2D eigenvalue weighted by Gasteiger charge is 2.31. The van der Waals surface area contributed by atoms with Gasteiger partial charge in [0, 0.05) is 5.54 Å². The van der Waals surface area contributed by atoms with E-state index in [1.807, 2.05) is 0 Å². The minimum absolute atomic E-state index is 0.140. The average molecular weight is 231 g/mol. The van der Waals surface area contributed by atoms with Crippen LogP contribution in [0.1, 0.15) is 63.4 Å². The lowest BCUT2D eigenvalue weighted by atomic mass is 9.73. The van der Waals surface area contributed by atoms with Gasteiger partial charge in [0.15, 0.2) is 0 Å². The first kappa shape index (κ1) is 12.6. The summed E-state index contributed by atoms with van der Waals surface area (Å²) in [6.07, 6.45) is 8.70. The Hall–Kier alpha value is -0.820. The summed E-state index contributed by atoms with van der Waals surface area (Å²) in [7, 11) is 0. The Morgan fingerprint density at radius 1 is 1.18 bits per heavy atom. The second kappa shape index (κ2) is 5.68. The molecule has 0 atom stereocenters. The van der Waals surface area contributed by atoms with E-state index in [0.717, 1.165) is 5.92 Å². The minimum atomic E-state index is 0.140. The van der Waals surface area contributed by atoms with Crippen molar-refractivity contribution in [1.82, 2.24) is 0 Å². The van der Waals surface area contributed by atoms with Gasteiger partial charge in [0.05, 0.1) is 0 Å². The smallest absolute Gasteiger partial charge is 0.0154 e. The summed E-state index contributed by atoms with van der Waals surface area (Å²) < 4.78 is 0. The van der Waals surface area contributed by atoms with Gasteiger partial charge in [-0.3, -0.25) is 0 Å². The van der Waals surface area contributed by atoms with Gasteiger partial charge in [0.1, 0.15) is 0 Å². The van der Waals surface area contributed by atoms with Gasteiger partial charge in [-0.2, -0.15) is 0 Å². The molecule has 1 aliphatic carbocycles. The van der Waals surface area contributed by atoms with Crippen LogP contribution in [0.3, 0.4) is 0 Å². The van der Waals surface area contributed by atoms with Crippen molar-refractivity contribution in [3.8, 4) is 0 Å². The van der Waals surface area contributed by atoms with Crippen molar-refractivity contribution < 1.29 is 0 Å². The largest absolute Gasteiger partial charge is 0.325 e. The molecule has 2 N–H and O–H groups in total. The van der Waals surface area contributed by atoms with E-state index < -0.39 is 0 Å². The molecule has 0 heterocycles. The molecule has 17 heavy (non-hydrogen) atoms. The second-order valence-corrected chi connectivity index (χ2v) is 5.65. The van der Waals surface area contributed by atoms with Crippen LogP contribution in [0.15, 0.2) is 30.3 Å². The topological polar surface area (TPSA) is 26.0 Å². The molecule has 0 spiro atoms. The summed E-state index contributed by atoms with van der Waals surface area (Å²) in [6.45, 7) is 2.25. The van der Waals surface area contributed by atoms with Gasteiger partial charge in [0.2, 0.25) is 0 Å². The van der Waals surface area contributed by atoms with E-state index in [1.54, 1.807) is 0 Å². The van der Waals surface area contributed by atoms with Gasteiger partial charge in [-0.05, 0) is 43.6 Å². The monoisotopic (exact) mass is 231 g/mol. The van der Waals surface area contributed by atoms with Crippen molar-refractivity contribution in [3.05, 3.63) is 35.9 Å². The Morgan fingerprint density at radius 3 is 2.41 bits per heavy atom. The number of rotatable bonds is 4. The average Bonchev–Trinajstić information content (AvgIpc) is 2.38. The normalized spacial score (nSPS) is 29.2. The summed E-state index contributed by atoms with van der Waals surface area (Å²) in [5, 5.41) is 0. The van der Waals surface area contributed by atoms with Crippen molar-refractivity contribution in [3.63, 3.8) is 0 Å². The lowest BCUT2D eigenvalue weighted by molar-refractivity contribution is 0.252. The highest BCUT2D eigenvalue weighted by molar-refractivity contribution is 5.20. The van der Waals surface area contributed by atoms with Crippen LogP contribution in [0.2, 0.25) is 0 Å². The fourth-order valence-electron chi connectivity index (χ4n) is 3.03. The van der Waals surface area contributed by atoms with Crippen molar-refractivity contribution in [2.45, 2.75) is 63.3 Å². The van der Waals surface area contributed by atoms with Crippen LogP contribution in [0.4, 0.5) is 0 Å². The third kappa shape index (κ3) is 3.32. The molecule has 0 aromatic heterocycles. The van der Waals surface area contributed by atoms with Crippen molar-refractivity contribution in [1.29, 1.82) is 0 Å². The summed E-state index contributed by atoms with van der Waals surface area (Å²) in [5.41, 5.74) is 8.13. The maximum atomic E-state index is 6.49. The van der Waals surface area contributed by atoms with E-state index in [9.17, 15) is 0 Å². The van der Waals surface area contributed by atoms with Crippen LogP contribution in [-0.2, 0) is 0 Å². The van der Waals surface area contributed by atoms with Crippen molar-refractivity contribution in [2.75, 3.05) is 0 Å². The Morgan fingerprint density at radius 2 is 1.82 bits per heavy atom. The molecular formula is C16H25N. The Kier molecular flexibility index (Phi) is 4.22. The molecule has 1 aromatic carbocycles. The third-order valence-electron chi connectivity index (χ3n) is 4.28. The summed E-state index contributed by atoms with van der Waals surface area (Å²) in [5.74, 6) is 0.745. The molecule has 1 aromatic rings. The molecular weight excluding hydrogens is 206 g/mol. The Bertz CT molecular complexity index is 323. The van der Waals surface area contributed by atoms with Crippen LogP contribution < -0.4 is 5.73 Å². The fourth-order valence-corrected chi connectivity index (χ4v) is 3.03. The van der Waals surface area contributed by atoms with Crippen molar-refractivity contribution in [2.24, 2.45) is 5.73 Å². The molecule has 1 fully saturated rings. The van der Waals surface area contributed by atoms with Crippen LogP contribution in [0.5, 0.6) is 0 Å². The van der Waals surface area contributed by atoms with E-state index in [1.165, 1.54) is 50.5 Å². The van der Waals surface area contributed by atoms with E-state index in [-0.39, 0.29) is 5.54 Å². The number of benzene rings is 1. The number of nitrogens with two attached hydrogens (primary N) is 1. The van der Waals surface area contributed by atoms with Crippen LogP contribution in [0.25, 0.3) is 0 Å². The highest BCUT2D eigenvalue weighted by Crippen LogP contribution is 2.38. The molecule has 1 nitrogen and oxygen atoms in total. The van der Waals surface area contributed by atoms with Crippen molar-refractivity contribution >= 4 is 0 Å². The van der Waals surface area contributed by atoms with Gasteiger partial charge in [-0.1, -0.05) is 50.1 Å². The SMILES string of the molecule is CCCCC1(N)CCC(c2ccccc2)CC1. The lowest BCUT2D eigenvalue weighted by Gasteiger charge is -2.37. The van der Waals surface area contributed by atoms with Gasteiger partial charge >= 0.3 is 0 Å². The zero-order valence-electron chi connectivity index (χ0n) is 11.0. The predicted octanol–water partition coefficient (Wildman–Crippen LogP) is 4.23. The minimum Gasteiger partial charge on any atom is -0.325 e. The zero-order chi connectivity index (χ0) is 12.1. The maximum Gasteiger partial charge on any atom is 0.0154 e. The van der Waals surface area contributed by atoms with Gasteiger partial charge in [0.25, 0.3) is 0 Å². The molecule has 94 valence electrons. The molecule has 2 rings (SSSR count). The standard InChI is InChI=1S/C16H25N/c1-2-3-11-16(17)12-9-15(10-13-16)14-7-5-4-6-8-14/h4-8,15H,2-3,9-13,17H2,1H3. The quantitative estimate of drug-likeness (QED) is 0.824. The lowest BCUT2D eigenvalue weighted by Crippen LogP contribution is -2.42. The molecule has 0 saturated heterocycles. The van der Waals surface area contributed by atoms with Crippen LogP contribution in [-0.4, -0.2) is 5.54 Å². The summed E-state index contributed by atoms with van der Waals surface area (Å²) in [4.78, 5) is 0. The molecule has 0 aliphatic heterocycles. The first-order chi connectivity index (χ1) is 8.23. The van der Waals surface area contributed by atoms with Crippen LogP contribution >= 0.6 is 0 Å². The molecule has 0 unspecified atom stereocenters. The number of hydrogen-bond donors (Lipinski definition) is 1. The fraction of sp³-hybridized carbons (Fsp3) is 0.625. The highest BCUT2D eigenvalue weighted by atomic mass is 14.7. The Balaban J connectivity index is 1.90. The van der Waals surface area contributed by atoms with Gasteiger partial charge < -0.3 is 5.73 Å². The van der Waals surface area contributed by atoms with E-state index in [0.29, 0.717) is 0 Å². The zero-order valence-corrected chi connectivity index (χ0v) is 11.0. The maximum absolute atomic E-state index is 6.49. The number of unbranched alkanes of at least 4 members (excludes halogenated alkanes) is 1. The molecule has 0 bridgehead atoms. The number of hydrogen-bond acceptors (Lipinski definition) is 1. The first-order valence-electron chi connectivity index (χ1n) is 7.07. The van der Waals surface area contributed by atoms with E-state index >= 15 is 0 Å². The predicted molar refractivity (Wildman–Crippen MR) is 74.1 cm³/mol. The molecule has 1 saturated carbocycles. The molecule has 0 radical (unpaired) electrons. The second-order valence-electron chi connectivity index (χ2n) is 5.65. The third-order valence-corrected chi connectivity index (χ3v) is 4.28. The molecule has 1 aliphatic rings. The van der Waals surface area contributed by atoms with Gasteiger partial charge in [-0.15, -0.1) is 0 Å². The van der Waals surface area contributed by atoms with E-state index in [2.05, 4.69) is 37.3 Å². The summed E-state index contributed by atoms with van der Waals surface area (Å²) in [6, 6.07) is 10.9. The van der Waals surface area contributed by atoms with E-state index in [4.69, 9.17) is 5.73 Å². The van der Waals surface area contributed by atoms with Gasteiger partial charge in [-0.25, -0.2) is 0 Å². The molecule has 1 heteroatoms. The Labute approximate surface area is 105 Å². The van der Waals surface area contributed by atoms with Crippen LogP contribution in [0, 0.1) is 0 Å².